The highest BCUT2D eigenvalue weighted by Crippen LogP contribution is 2.22. The molecule has 0 aromatic heterocycles. The Hall–Kier alpha value is -2.33. The molecule has 1 aliphatic heterocycles. The number of sulfonamides is 1. The number of halogens is 2. The lowest BCUT2D eigenvalue weighted by molar-refractivity contribution is -0.130. The molecule has 0 unspecified atom stereocenters. The van der Waals surface area contributed by atoms with Crippen molar-refractivity contribution < 1.29 is 18.0 Å². The van der Waals surface area contributed by atoms with Crippen molar-refractivity contribution in [3.63, 3.8) is 0 Å². The number of nitrogens with zero attached hydrogens (tertiary/aromatic N) is 2. The highest BCUT2D eigenvalue weighted by molar-refractivity contribution is 7.89. The van der Waals surface area contributed by atoms with E-state index in [0.717, 1.165) is 5.69 Å². The molecule has 3 rings (SSSR count). The number of carbonyl (C=O) groups is 2. The smallest absolute Gasteiger partial charge is 0.253 e. The molecule has 0 radical (unpaired) electrons. The van der Waals surface area contributed by atoms with E-state index in [1.165, 1.54) is 25.2 Å². The SMILES string of the molecule is CNS(=O)(=O)c1ccc(Cl)c(C(=O)NCC(=O)N2CCN(c3cccc(Cl)c3)CC2)c1. The summed E-state index contributed by atoms with van der Waals surface area (Å²) < 4.78 is 26.1. The van der Waals surface area contributed by atoms with Gasteiger partial charge in [-0.1, -0.05) is 29.3 Å². The van der Waals surface area contributed by atoms with Gasteiger partial charge in [0.25, 0.3) is 5.91 Å². The third-order valence-corrected chi connectivity index (χ3v) is 6.94. The fraction of sp³-hybridized carbons (Fsp3) is 0.300. The number of carbonyl (C=O) groups excluding carboxylic acids is 2. The van der Waals surface area contributed by atoms with Gasteiger partial charge in [-0.05, 0) is 43.4 Å². The molecule has 11 heteroatoms. The van der Waals surface area contributed by atoms with Gasteiger partial charge in [-0.15, -0.1) is 0 Å². The topological polar surface area (TPSA) is 98.8 Å². The van der Waals surface area contributed by atoms with E-state index in [9.17, 15) is 18.0 Å². The fourth-order valence-corrected chi connectivity index (χ4v) is 4.36. The maximum atomic E-state index is 12.5. The van der Waals surface area contributed by atoms with Crippen molar-refractivity contribution in [2.45, 2.75) is 4.90 Å². The molecular formula is C20H22Cl2N4O4S. The molecule has 0 bridgehead atoms. The van der Waals surface area contributed by atoms with E-state index in [2.05, 4.69) is 14.9 Å². The number of amides is 2. The largest absolute Gasteiger partial charge is 0.368 e. The van der Waals surface area contributed by atoms with Gasteiger partial charge in [-0.3, -0.25) is 9.59 Å². The summed E-state index contributed by atoms with van der Waals surface area (Å²) >= 11 is 12.1. The maximum absolute atomic E-state index is 12.5. The minimum atomic E-state index is -3.73. The Morgan fingerprint density at radius 2 is 1.74 bits per heavy atom. The van der Waals surface area contributed by atoms with Crippen molar-refractivity contribution in [2.75, 3.05) is 44.7 Å². The molecule has 2 amide bonds. The molecule has 2 N–H and O–H groups in total. The van der Waals surface area contributed by atoms with Gasteiger partial charge in [-0.25, -0.2) is 13.1 Å². The normalized spacial score (nSPS) is 14.4. The van der Waals surface area contributed by atoms with Gasteiger partial charge in [0, 0.05) is 36.9 Å². The summed E-state index contributed by atoms with van der Waals surface area (Å²) in [6.45, 7) is 2.11. The van der Waals surface area contributed by atoms with Crippen LogP contribution in [0.25, 0.3) is 0 Å². The van der Waals surface area contributed by atoms with Gasteiger partial charge in [-0.2, -0.15) is 0 Å². The molecule has 166 valence electrons. The van der Waals surface area contributed by atoms with E-state index in [-0.39, 0.29) is 27.9 Å². The summed E-state index contributed by atoms with van der Waals surface area (Å²) in [7, 11) is -2.45. The first-order chi connectivity index (χ1) is 14.7. The van der Waals surface area contributed by atoms with Crippen molar-refractivity contribution in [2.24, 2.45) is 0 Å². The molecule has 0 atom stereocenters. The van der Waals surface area contributed by atoms with Gasteiger partial charge in [0.15, 0.2) is 0 Å². The summed E-state index contributed by atoms with van der Waals surface area (Å²) in [4.78, 5) is 28.7. The summed E-state index contributed by atoms with van der Waals surface area (Å²) in [6.07, 6.45) is 0. The van der Waals surface area contributed by atoms with Crippen molar-refractivity contribution in [3.05, 3.63) is 58.1 Å². The highest BCUT2D eigenvalue weighted by Gasteiger charge is 2.23. The Bertz CT molecular complexity index is 1090. The Morgan fingerprint density at radius 3 is 2.39 bits per heavy atom. The second kappa shape index (κ2) is 9.86. The molecule has 1 aliphatic rings. The van der Waals surface area contributed by atoms with Crippen LogP contribution in [0.2, 0.25) is 10.0 Å². The highest BCUT2D eigenvalue weighted by atomic mass is 35.5. The third-order valence-electron chi connectivity index (χ3n) is 4.97. The van der Waals surface area contributed by atoms with Crippen LogP contribution >= 0.6 is 23.2 Å². The minimum Gasteiger partial charge on any atom is -0.368 e. The van der Waals surface area contributed by atoms with E-state index >= 15 is 0 Å². The lowest BCUT2D eigenvalue weighted by atomic mass is 10.2. The van der Waals surface area contributed by atoms with Crippen LogP contribution in [0, 0.1) is 0 Å². The summed E-state index contributed by atoms with van der Waals surface area (Å²) in [5, 5.41) is 3.27. The van der Waals surface area contributed by atoms with Crippen molar-refractivity contribution >= 4 is 50.7 Å². The fourth-order valence-electron chi connectivity index (χ4n) is 3.21. The quantitative estimate of drug-likeness (QED) is 0.652. The van der Waals surface area contributed by atoms with Crippen LogP contribution in [0.5, 0.6) is 0 Å². The molecule has 31 heavy (non-hydrogen) atoms. The molecule has 0 saturated carbocycles. The minimum absolute atomic E-state index is 0.0171. The number of piperazine rings is 1. The molecule has 0 spiro atoms. The lowest BCUT2D eigenvalue weighted by Gasteiger charge is -2.36. The number of hydrogen-bond acceptors (Lipinski definition) is 5. The van der Waals surface area contributed by atoms with E-state index in [1.54, 1.807) is 4.90 Å². The van der Waals surface area contributed by atoms with E-state index < -0.39 is 15.9 Å². The molecule has 1 heterocycles. The lowest BCUT2D eigenvalue weighted by Crippen LogP contribution is -2.51. The Balaban J connectivity index is 1.57. The maximum Gasteiger partial charge on any atom is 0.253 e. The number of hydrogen-bond donors (Lipinski definition) is 2. The van der Waals surface area contributed by atoms with Crippen molar-refractivity contribution in [1.29, 1.82) is 0 Å². The van der Waals surface area contributed by atoms with E-state index in [4.69, 9.17) is 23.2 Å². The van der Waals surface area contributed by atoms with E-state index in [0.29, 0.717) is 31.2 Å². The zero-order valence-electron chi connectivity index (χ0n) is 16.8. The van der Waals surface area contributed by atoms with Gasteiger partial charge < -0.3 is 15.1 Å². The number of nitrogens with one attached hydrogen (secondary N) is 2. The van der Waals surface area contributed by atoms with Crippen molar-refractivity contribution in [3.8, 4) is 0 Å². The average molecular weight is 485 g/mol. The van der Waals surface area contributed by atoms with Crippen LogP contribution in [-0.4, -0.2) is 64.9 Å². The zero-order chi connectivity index (χ0) is 22.6. The first kappa shape index (κ1) is 23.3. The molecule has 2 aromatic rings. The average Bonchev–Trinajstić information content (AvgIpc) is 2.77. The second-order valence-electron chi connectivity index (χ2n) is 6.88. The van der Waals surface area contributed by atoms with Crippen LogP contribution in [0.15, 0.2) is 47.4 Å². The Morgan fingerprint density at radius 1 is 1.03 bits per heavy atom. The summed E-state index contributed by atoms with van der Waals surface area (Å²) in [6, 6.07) is 11.3. The predicted molar refractivity (Wildman–Crippen MR) is 120 cm³/mol. The number of anilines is 1. The van der Waals surface area contributed by atoms with Crippen LogP contribution < -0.4 is 14.9 Å². The first-order valence-electron chi connectivity index (χ1n) is 9.51. The van der Waals surface area contributed by atoms with Crippen molar-refractivity contribution in [1.82, 2.24) is 14.9 Å². The van der Waals surface area contributed by atoms with E-state index in [1.807, 2.05) is 24.3 Å². The van der Waals surface area contributed by atoms with Gasteiger partial charge in [0.2, 0.25) is 15.9 Å². The molecule has 0 aliphatic carbocycles. The molecule has 2 aromatic carbocycles. The standard InChI is InChI=1S/C20H22Cl2N4O4S/c1-23-31(29,30)16-5-6-18(22)17(12-16)20(28)24-13-19(27)26-9-7-25(8-10-26)15-4-2-3-14(21)11-15/h2-6,11-12,23H,7-10,13H2,1H3,(H,24,28). The Kier molecular flexibility index (Phi) is 7.42. The molecule has 1 saturated heterocycles. The van der Waals surface area contributed by atoms with Crippen LogP contribution in [0.3, 0.4) is 0 Å². The third kappa shape index (κ3) is 5.68. The summed E-state index contributed by atoms with van der Waals surface area (Å²) in [5.74, 6) is -0.849. The zero-order valence-corrected chi connectivity index (χ0v) is 19.1. The van der Waals surface area contributed by atoms with Gasteiger partial charge in [0.1, 0.15) is 0 Å². The first-order valence-corrected chi connectivity index (χ1v) is 11.7. The van der Waals surface area contributed by atoms with Gasteiger partial charge >= 0.3 is 0 Å². The monoisotopic (exact) mass is 484 g/mol. The van der Waals surface area contributed by atoms with Crippen LogP contribution in [0.4, 0.5) is 5.69 Å². The summed E-state index contributed by atoms with van der Waals surface area (Å²) in [5.41, 5.74) is 0.982. The number of benzene rings is 2. The Labute approximate surface area is 191 Å². The molecular weight excluding hydrogens is 463 g/mol. The van der Waals surface area contributed by atoms with Gasteiger partial charge in [0.05, 0.1) is 22.0 Å². The van der Waals surface area contributed by atoms with Crippen LogP contribution in [0.1, 0.15) is 10.4 Å². The molecule has 1 fully saturated rings. The molecule has 8 nitrogen and oxygen atoms in total. The number of rotatable bonds is 6. The second-order valence-corrected chi connectivity index (χ2v) is 9.61. The van der Waals surface area contributed by atoms with Crippen LogP contribution in [-0.2, 0) is 14.8 Å². The predicted octanol–water partition coefficient (Wildman–Crippen LogP) is 1.98.